The van der Waals surface area contributed by atoms with Crippen LogP contribution in [-0.2, 0) is 6.18 Å². The molecule has 110 valence electrons. The molecule has 8 heteroatoms. The summed E-state index contributed by atoms with van der Waals surface area (Å²) in [6.45, 7) is 0. The molecule has 0 unspecified atom stereocenters. The summed E-state index contributed by atoms with van der Waals surface area (Å²) in [7, 11) is 0. The van der Waals surface area contributed by atoms with Crippen LogP contribution in [0.2, 0.25) is 5.02 Å². The van der Waals surface area contributed by atoms with E-state index in [-0.39, 0.29) is 11.3 Å². The van der Waals surface area contributed by atoms with Crippen LogP contribution in [0, 0.1) is 0 Å². The first-order chi connectivity index (χ1) is 9.77. The van der Waals surface area contributed by atoms with Crippen LogP contribution in [0.4, 0.5) is 18.9 Å². The molecule has 0 spiro atoms. The van der Waals surface area contributed by atoms with Crippen LogP contribution in [0.25, 0.3) is 0 Å². The van der Waals surface area contributed by atoms with Crippen molar-refractivity contribution >= 4 is 39.1 Å². The normalized spacial score (nSPS) is 11.3. The maximum atomic E-state index is 12.4. The number of carbonyl (C=O) groups is 1. The van der Waals surface area contributed by atoms with Gasteiger partial charge in [0.05, 0.1) is 16.9 Å². The highest BCUT2D eigenvalue weighted by Crippen LogP contribution is 2.28. The largest absolute Gasteiger partial charge is 0.433 e. The van der Waals surface area contributed by atoms with Crippen LogP contribution in [0.15, 0.2) is 41.0 Å². The first-order valence-corrected chi connectivity index (χ1v) is 6.74. The SMILES string of the molecule is O=C(Nc1ccc(C(F)(F)F)nc1)c1ccc(Br)c(Cl)c1. The number of carbonyl (C=O) groups excluding carboxylic acids is 1. The number of pyridine rings is 1. The van der Waals surface area contributed by atoms with Crippen molar-refractivity contribution in [3.05, 3.63) is 57.3 Å². The van der Waals surface area contributed by atoms with Gasteiger partial charge in [-0.25, -0.2) is 4.98 Å². The summed E-state index contributed by atoms with van der Waals surface area (Å²) >= 11 is 9.06. The van der Waals surface area contributed by atoms with E-state index in [9.17, 15) is 18.0 Å². The fourth-order valence-electron chi connectivity index (χ4n) is 1.48. The van der Waals surface area contributed by atoms with Crippen LogP contribution >= 0.6 is 27.5 Å². The predicted octanol–water partition coefficient (Wildman–Crippen LogP) is 4.77. The van der Waals surface area contributed by atoms with E-state index in [0.717, 1.165) is 18.3 Å². The molecule has 1 aromatic carbocycles. The molecule has 0 radical (unpaired) electrons. The summed E-state index contributed by atoms with van der Waals surface area (Å²) in [5.41, 5.74) is -0.581. The lowest BCUT2D eigenvalue weighted by atomic mass is 10.2. The maximum absolute atomic E-state index is 12.4. The highest BCUT2D eigenvalue weighted by molar-refractivity contribution is 9.10. The minimum atomic E-state index is -4.51. The zero-order valence-corrected chi connectivity index (χ0v) is 12.6. The third-order valence-electron chi connectivity index (χ3n) is 2.49. The van der Waals surface area contributed by atoms with Gasteiger partial charge < -0.3 is 5.32 Å². The number of halogens is 5. The van der Waals surface area contributed by atoms with Crippen molar-refractivity contribution in [2.75, 3.05) is 5.32 Å². The molecule has 1 amide bonds. The van der Waals surface area contributed by atoms with E-state index in [1.54, 1.807) is 6.07 Å². The minimum Gasteiger partial charge on any atom is -0.321 e. The van der Waals surface area contributed by atoms with Gasteiger partial charge in [0.15, 0.2) is 0 Å². The molecule has 1 aromatic heterocycles. The second-order valence-corrected chi connectivity index (χ2v) is 5.27. The molecule has 0 saturated heterocycles. The van der Waals surface area contributed by atoms with E-state index in [1.165, 1.54) is 12.1 Å². The van der Waals surface area contributed by atoms with E-state index in [1.807, 2.05) is 0 Å². The van der Waals surface area contributed by atoms with Gasteiger partial charge in [-0.15, -0.1) is 0 Å². The molecule has 2 aromatic rings. The number of nitrogens with zero attached hydrogens (tertiary/aromatic N) is 1. The second kappa shape index (κ2) is 6.03. The lowest BCUT2D eigenvalue weighted by molar-refractivity contribution is -0.141. The van der Waals surface area contributed by atoms with Gasteiger partial charge in [-0.2, -0.15) is 13.2 Å². The molecule has 1 heterocycles. The number of hydrogen-bond acceptors (Lipinski definition) is 2. The van der Waals surface area contributed by atoms with Gasteiger partial charge >= 0.3 is 6.18 Å². The average molecular weight is 380 g/mol. The minimum absolute atomic E-state index is 0.159. The van der Waals surface area contributed by atoms with E-state index in [4.69, 9.17) is 11.6 Å². The molecular formula is C13H7BrClF3N2O. The molecule has 0 aliphatic carbocycles. The zero-order chi connectivity index (χ0) is 15.6. The molecular weight excluding hydrogens is 373 g/mol. The second-order valence-electron chi connectivity index (χ2n) is 4.01. The van der Waals surface area contributed by atoms with Crippen LogP contribution in [-0.4, -0.2) is 10.9 Å². The Hall–Kier alpha value is -1.60. The van der Waals surface area contributed by atoms with Crippen LogP contribution in [0.5, 0.6) is 0 Å². The number of nitrogens with one attached hydrogen (secondary N) is 1. The predicted molar refractivity (Wildman–Crippen MR) is 76.3 cm³/mol. The molecule has 3 nitrogen and oxygen atoms in total. The first kappa shape index (κ1) is 15.8. The molecule has 0 saturated carbocycles. The van der Waals surface area contributed by atoms with E-state index >= 15 is 0 Å². The molecule has 0 aliphatic rings. The molecule has 1 N–H and O–H groups in total. The summed E-state index contributed by atoms with van der Waals surface area (Å²) in [5, 5.41) is 2.80. The Bertz CT molecular complexity index is 674. The lowest BCUT2D eigenvalue weighted by Crippen LogP contribution is -2.13. The van der Waals surface area contributed by atoms with Crippen molar-refractivity contribution < 1.29 is 18.0 Å². The number of rotatable bonds is 2. The van der Waals surface area contributed by atoms with Gasteiger partial charge in [-0.1, -0.05) is 11.6 Å². The van der Waals surface area contributed by atoms with Crippen molar-refractivity contribution in [3.63, 3.8) is 0 Å². The third kappa shape index (κ3) is 3.95. The summed E-state index contributed by atoms with van der Waals surface area (Å²) < 4.78 is 37.7. The van der Waals surface area contributed by atoms with Gasteiger partial charge in [0.1, 0.15) is 5.69 Å². The van der Waals surface area contributed by atoms with Crippen molar-refractivity contribution in [3.8, 4) is 0 Å². The Morgan fingerprint density at radius 2 is 1.95 bits per heavy atom. The van der Waals surface area contributed by atoms with Crippen molar-refractivity contribution in [2.24, 2.45) is 0 Å². The Morgan fingerprint density at radius 3 is 2.48 bits per heavy atom. The summed E-state index contributed by atoms with van der Waals surface area (Å²) in [6, 6.07) is 6.50. The number of anilines is 1. The molecule has 0 aliphatic heterocycles. The topological polar surface area (TPSA) is 42.0 Å². The van der Waals surface area contributed by atoms with Crippen LogP contribution < -0.4 is 5.32 Å². The Kier molecular flexibility index (Phi) is 4.53. The fraction of sp³-hybridized carbons (Fsp3) is 0.0769. The smallest absolute Gasteiger partial charge is 0.321 e. The quantitative estimate of drug-likeness (QED) is 0.817. The number of aromatic nitrogens is 1. The highest BCUT2D eigenvalue weighted by Gasteiger charge is 2.32. The van der Waals surface area contributed by atoms with Gasteiger partial charge in [0.25, 0.3) is 5.91 Å². The highest BCUT2D eigenvalue weighted by atomic mass is 79.9. The average Bonchev–Trinajstić information content (AvgIpc) is 2.41. The molecule has 0 atom stereocenters. The standard InChI is InChI=1S/C13H7BrClF3N2O/c14-9-3-1-7(5-10(9)15)12(21)20-8-2-4-11(19-6-8)13(16,17)18/h1-6H,(H,20,21). The fourth-order valence-corrected chi connectivity index (χ4v) is 1.90. The van der Waals surface area contributed by atoms with Crippen LogP contribution in [0.1, 0.15) is 16.1 Å². The van der Waals surface area contributed by atoms with Crippen molar-refractivity contribution in [1.29, 1.82) is 0 Å². The number of alkyl halides is 3. The summed E-state index contributed by atoms with van der Waals surface area (Å²) in [5.74, 6) is -0.494. The van der Waals surface area contributed by atoms with Crippen molar-refractivity contribution in [1.82, 2.24) is 4.98 Å². The molecule has 0 bridgehead atoms. The third-order valence-corrected chi connectivity index (χ3v) is 3.73. The van der Waals surface area contributed by atoms with Gasteiger partial charge in [0.2, 0.25) is 0 Å². The maximum Gasteiger partial charge on any atom is 0.433 e. The first-order valence-electron chi connectivity index (χ1n) is 5.57. The molecule has 0 fully saturated rings. The zero-order valence-electron chi connectivity index (χ0n) is 10.2. The van der Waals surface area contributed by atoms with E-state index in [0.29, 0.717) is 9.50 Å². The Morgan fingerprint density at radius 1 is 1.24 bits per heavy atom. The van der Waals surface area contributed by atoms with Crippen molar-refractivity contribution in [2.45, 2.75) is 6.18 Å². The summed E-state index contributed by atoms with van der Waals surface area (Å²) in [6.07, 6.45) is -3.57. The monoisotopic (exact) mass is 378 g/mol. The van der Waals surface area contributed by atoms with Gasteiger partial charge in [0, 0.05) is 10.0 Å². The Balaban J connectivity index is 2.14. The summed E-state index contributed by atoms with van der Waals surface area (Å²) in [4.78, 5) is 15.2. The molecule has 21 heavy (non-hydrogen) atoms. The van der Waals surface area contributed by atoms with Crippen LogP contribution in [0.3, 0.4) is 0 Å². The van der Waals surface area contributed by atoms with E-state index < -0.39 is 17.8 Å². The number of amides is 1. The number of benzene rings is 1. The Labute approximate surface area is 131 Å². The lowest BCUT2D eigenvalue weighted by Gasteiger charge is -2.08. The van der Waals surface area contributed by atoms with Gasteiger partial charge in [-0.05, 0) is 46.3 Å². The number of hydrogen-bond donors (Lipinski definition) is 1. The molecule has 2 rings (SSSR count). The van der Waals surface area contributed by atoms with E-state index in [2.05, 4.69) is 26.2 Å². The van der Waals surface area contributed by atoms with Gasteiger partial charge in [-0.3, -0.25) is 4.79 Å².